The van der Waals surface area contributed by atoms with Crippen LogP contribution in [0.4, 0.5) is 0 Å². The topological polar surface area (TPSA) is 51.2 Å². The van der Waals surface area contributed by atoms with Gasteiger partial charge >= 0.3 is 0 Å². The second kappa shape index (κ2) is 12.5. The highest BCUT2D eigenvalue weighted by atomic mass is 16.5. The van der Waals surface area contributed by atoms with E-state index in [0.29, 0.717) is 0 Å². The van der Waals surface area contributed by atoms with Crippen molar-refractivity contribution in [3.05, 3.63) is 126 Å². The molecule has 0 aliphatic heterocycles. The summed E-state index contributed by atoms with van der Waals surface area (Å²) in [6, 6.07) is 26.8. The van der Waals surface area contributed by atoms with Gasteiger partial charge in [0.15, 0.2) is 0 Å². The minimum absolute atomic E-state index is 0.0872. The van der Waals surface area contributed by atoms with Crippen LogP contribution in [0.25, 0.3) is 16.3 Å². The summed E-state index contributed by atoms with van der Waals surface area (Å²) >= 11 is 0. The number of aromatic nitrogens is 1. The van der Waals surface area contributed by atoms with Crippen LogP contribution in [0.5, 0.6) is 5.75 Å². The van der Waals surface area contributed by atoms with E-state index in [1.54, 1.807) is 19.4 Å². The van der Waals surface area contributed by atoms with Crippen molar-refractivity contribution in [3.8, 4) is 5.75 Å². The minimum atomic E-state index is -0.0872. The summed E-state index contributed by atoms with van der Waals surface area (Å²) in [4.78, 5) is 16.7. The van der Waals surface area contributed by atoms with Crippen molar-refractivity contribution in [2.45, 2.75) is 32.2 Å². The van der Waals surface area contributed by atoms with Gasteiger partial charge in [-0.2, -0.15) is 0 Å². The van der Waals surface area contributed by atoms with Crippen LogP contribution in [0.2, 0.25) is 0 Å². The van der Waals surface area contributed by atoms with E-state index in [2.05, 4.69) is 52.8 Å². The van der Waals surface area contributed by atoms with Gasteiger partial charge in [-0.15, -0.1) is 0 Å². The lowest BCUT2D eigenvalue weighted by atomic mass is 9.95. The van der Waals surface area contributed by atoms with Crippen molar-refractivity contribution in [2.24, 2.45) is 0 Å². The fourth-order valence-electron chi connectivity index (χ4n) is 4.25. The molecule has 0 unspecified atom stereocenters. The van der Waals surface area contributed by atoms with E-state index in [9.17, 15) is 4.79 Å². The molecule has 182 valence electrons. The Morgan fingerprint density at radius 2 is 1.81 bits per heavy atom. The number of hydrogen-bond acceptors (Lipinski definition) is 3. The third-order valence-electron chi connectivity index (χ3n) is 6.17. The number of fused-ring (bicyclic) bond motifs is 1. The summed E-state index contributed by atoms with van der Waals surface area (Å²) in [6.07, 6.45) is 12.0. The lowest BCUT2D eigenvalue weighted by Gasteiger charge is -2.12. The number of rotatable bonds is 10. The largest absolute Gasteiger partial charge is 0.497 e. The molecular formula is C32H32N2O2. The number of amides is 1. The van der Waals surface area contributed by atoms with Gasteiger partial charge in [0, 0.05) is 24.5 Å². The number of pyridine rings is 1. The van der Waals surface area contributed by atoms with Crippen LogP contribution in [0.3, 0.4) is 0 Å². The zero-order chi connectivity index (χ0) is 25.2. The van der Waals surface area contributed by atoms with Crippen LogP contribution < -0.4 is 10.1 Å². The first-order valence-electron chi connectivity index (χ1n) is 12.3. The maximum absolute atomic E-state index is 12.5. The van der Waals surface area contributed by atoms with Crippen molar-refractivity contribution in [1.82, 2.24) is 10.3 Å². The standard InChI is InChI=1S/C32H32N2O2/c1-24(9-6-10-25-11-8-20-33-23-25)34-32(35)15-7-14-31(27-12-4-3-5-13-27)28-17-16-26-18-19-30(36-2)22-29(26)21-28/h3-5,7-8,11-24H,6,9-10H2,1-2H3,(H,34,35)/b15-7+,31-14+/t24-/m1/s1. The maximum Gasteiger partial charge on any atom is 0.244 e. The van der Waals surface area contributed by atoms with E-state index < -0.39 is 0 Å². The second-order valence-corrected chi connectivity index (χ2v) is 8.90. The fourth-order valence-corrected chi connectivity index (χ4v) is 4.25. The Morgan fingerprint density at radius 1 is 0.972 bits per heavy atom. The first-order chi connectivity index (χ1) is 17.6. The number of allylic oxidation sites excluding steroid dienone is 2. The summed E-state index contributed by atoms with van der Waals surface area (Å²) in [5, 5.41) is 5.33. The van der Waals surface area contributed by atoms with Gasteiger partial charge in [-0.05, 0) is 83.5 Å². The molecule has 4 nitrogen and oxygen atoms in total. The molecule has 36 heavy (non-hydrogen) atoms. The summed E-state index contributed by atoms with van der Waals surface area (Å²) in [5.74, 6) is 0.742. The molecule has 1 aromatic heterocycles. The van der Waals surface area contributed by atoms with Gasteiger partial charge in [-0.3, -0.25) is 9.78 Å². The molecule has 3 aromatic carbocycles. The van der Waals surface area contributed by atoms with E-state index in [1.807, 2.05) is 61.7 Å². The fraction of sp³-hybridized carbons (Fsp3) is 0.188. The van der Waals surface area contributed by atoms with Crippen LogP contribution in [0.15, 0.2) is 109 Å². The molecule has 1 atom stereocenters. The van der Waals surface area contributed by atoms with Crippen molar-refractivity contribution < 1.29 is 9.53 Å². The molecule has 0 spiro atoms. The van der Waals surface area contributed by atoms with Crippen LogP contribution in [0, 0.1) is 0 Å². The maximum atomic E-state index is 12.5. The molecular weight excluding hydrogens is 444 g/mol. The Kier molecular flexibility index (Phi) is 8.66. The molecule has 4 aromatic rings. The summed E-state index contributed by atoms with van der Waals surface area (Å²) in [5.41, 5.74) is 4.44. The van der Waals surface area contributed by atoms with E-state index in [0.717, 1.165) is 52.5 Å². The molecule has 1 N–H and O–H groups in total. The van der Waals surface area contributed by atoms with Gasteiger partial charge in [-0.25, -0.2) is 0 Å². The number of ether oxygens (including phenoxy) is 1. The smallest absolute Gasteiger partial charge is 0.244 e. The molecule has 0 bridgehead atoms. The van der Waals surface area contributed by atoms with E-state index in [4.69, 9.17) is 4.74 Å². The number of benzene rings is 3. The van der Waals surface area contributed by atoms with Crippen LogP contribution >= 0.6 is 0 Å². The Hall–Kier alpha value is -4.18. The predicted octanol–water partition coefficient (Wildman–Crippen LogP) is 6.76. The minimum Gasteiger partial charge on any atom is -0.497 e. The summed E-state index contributed by atoms with van der Waals surface area (Å²) in [6.45, 7) is 2.05. The van der Waals surface area contributed by atoms with E-state index in [-0.39, 0.29) is 11.9 Å². The number of aryl methyl sites for hydroxylation is 1. The van der Waals surface area contributed by atoms with Crippen molar-refractivity contribution in [1.29, 1.82) is 0 Å². The van der Waals surface area contributed by atoms with Crippen LogP contribution in [-0.4, -0.2) is 24.0 Å². The molecule has 0 aliphatic rings. The highest BCUT2D eigenvalue weighted by Gasteiger charge is 2.07. The molecule has 0 saturated carbocycles. The number of hydrogen-bond donors (Lipinski definition) is 1. The summed E-state index contributed by atoms with van der Waals surface area (Å²) in [7, 11) is 1.68. The van der Waals surface area contributed by atoms with Crippen molar-refractivity contribution >= 4 is 22.3 Å². The molecule has 0 aliphatic carbocycles. The van der Waals surface area contributed by atoms with Gasteiger partial charge in [0.05, 0.1) is 7.11 Å². The van der Waals surface area contributed by atoms with Crippen molar-refractivity contribution in [2.75, 3.05) is 7.11 Å². The lowest BCUT2D eigenvalue weighted by Crippen LogP contribution is -2.31. The van der Waals surface area contributed by atoms with Gasteiger partial charge in [0.25, 0.3) is 0 Å². The Morgan fingerprint density at radius 3 is 2.58 bits per heavy atom. The van der Waals surface area contributed by atoms with Gasteiger partial charge in [0.1, 0.15) is 5.75 Å². The molecule has 0 saturated heterocycles. The van der Waals surface area contributed by atoms with Gasteiger partial charge in [-0.1, -0.05) is 66.7 Å². The number of carbonyl (C=O) groups excluding carboxylic acids is 1. The second-order valence-electron chi connectivity index (χ2n) is 8.90. The number of carbonyl (C=O) groups is 1. The predicted molar refractivity (Wildman–Crippen MR) is 148 cm³/mol. The van der Waals surface area contributed by atoms with Gasteiger partial charge < -0.3 is 10.1 Å². The van der Waals surface area contributed by atoms with Crippen LogP contribution in [-0.2, 0) is 11.2 Å². The Bertz CT molecular complexity index is 1340. The normalized spacial score (nSPS) is 12.6. The summed E-state index contributed by atoms with van der Waals surface area (Å²) < 4.78 is 5.40. The van der Waals surface area contributed by atoms with Crippen LogP contribution in [0.1, 0.15) is 36.5 Å². The van der Waals surface area contributed by atoms with Gasteiger partial charge in [0.2, 0.25) is 5.91 Å². The zero-order valence-corrected chi connectivity index (χ0v) is 20.9. The number of nitrogens with zero attached hydrogens (tertiary/aromatic N) is 1. The monoisotopic (exact) mass is 476 g/mol. The van der Waals surface area contributed by atoms with E-state index >= 15 is 0 Å². The number of methoxy groups -OCH3 is 1. The molecule has 0 radical (unpaired) electrons. The lowest BCUT2D eigenvalue weighted by molar-refractivity contribution is -0.117. The Balaban J connectivity index is 1.45. The zero-order valence-electron chi connectivity index (χ0n) is 20.9. The molecule has 4 heteroatoms. The highest BCUT2D eigenvalue weighted by molar-refractivity contribution is 5.92. The molecule has 1 amide bonds. The first-order valence-corrected chi connectivity index (χ1v) is 12.3. The van der Waals surface area contributed by atoms with Crippen molar-refractivity contribution in [3.63, 3.8) is 0 Å². The third kappa shape index (κ3) is 6.92. The molecule has 0 fully saturated rings. The molecule has 1 heterocycles. The first kappa shape index (κ1) is 24.9. The number of nitrogens with one attached hydrogen (secondary N) is 1. The highest BCUT2D eigenvalue weighted by Crippen LogP contribution is 2.28. The Labute approximate surface area is 213 Å². The van der Waals surface area contributed by atoms with E-state index in [1.165, 1.54) is 5.56 Å². The third-order valence-corrected chi connectivity index (χ3v) is 6.17. The average Bonchev–Trinajstić information content (AvgIpc) is 2.91. The SMILES string of the molecule is COc1ccc2ccc(/C(=C/C=C/C(=O)N[C@H](C)CCCc3cccnc3)c3ccccc3)cc2c1. The molecule has 4 rings (SSSR count). The quantitative estimate of drug-likeness (QED) is 0.203. The average molecular weight is 477 g/mol.